The van der Waals surface area contributed by atoms with E-state index in [-0.39, 0.29) is 0 Å². The molecular weight excluding hydrogens is 350 g/mol. The fraction of sp³-hybridized carbons (Fsp3) is 0.125. The Morgan fingerprint density at radius 2 is 1.71 bits per heavy atom. The average Bonchev–Trinajstić information content (AvgIpc) is 2.76. The van der Waals surface area contributed by atoms with Crippen LogP contribution in [0.3, 0.4) is 0 Å². The molecule has 0 amide bonds. The quantitative estimate of drug-likeness (QED) is 0.533. The summed E-state index contributed by atoms with van der Waals surface area (Å²) in [5, 5.41) is 9.32. The zero-order valence-corrected chi connectivity index (χ0v) is 15.9. The Balaban J connectivity index is 1.91. The molecule has 0 aliphatic carbocycles. The van der Waals surface area contributed by atoms with E-state index in [2.05, 4.69) is 6.07 Å². The van der Waals surface area contributed by atoms with Crippen molar-refractivity contribution in [3.05, 3.63) is 95.6 Å². The summed E-state index contributed by atoms with van der Waals surface area (Å²) in [5.74, 6) is 2.06. The van der Waals surface area contributed by atoms with Crippen molar-refractivity contribution in [1.29, 1.82) is 5.26 Å². The minimum absolute atomic E-state index is 0.480. The SMILES string of the molecule is COc1ccc(/C(=C/C#N)c2cccc(OCc3ccccc3)c2)c(OC)c1. The second-order valence-electron chi connectivity index (χ2n) is 6.06. The summed E-state index contributed by atoms with van der Waals surface area (Å²) >= 11 is 0. The van der Waals surface area contributed by atoms with Gasteiger partial charge in [-0.2, -0.15) is 5.26 Å². The van der Waals surface area contributed by atoms with E-state index in [4.69, 9.17) is 14.2 Å². The van der Waals surface area contributed by atoms with Gasteiger partial charge in [-0.25, -0.2) is 0 Å². The molecule has 3 aromatic carbocycles. The first kappa shape index (κ1) is 19.1. The van der Waals surface area contributed by atoms with Crippen LogP contribution in [0, 0.1) is 11.3 Å². The van der Waals surface area contributed by atoms with Crippen LogP contribution in [0.2, 0.25) is 0 Å². The van der Waals surface area contributed by atoms with Crippen molar-refractivity contribution in [1.82, 2.24) is 0 Å². The van der Waals surface area contributed by atoms with E-state index in [1.54, 1.807) is 20.3 Å². The van der Waals surface area contributed by atoms with Gasteiger partial charge in [0.15, 0.2) is 0 Å². The van der Waals surface area contributed by atoms with E-state index in [1.807, 2.05) is 66.7 Å². The monoisotopic (exact) mass is 371 g/mol. The highest BCUT2D eigenvalue weighted by Gasteiger charge is 2.13. The number of benzene rings is 3. The Hall–Kier alpha value is -3.71. The van der Waals surface area contributed by atoms with Gasteiger partial charge in [-0.05, 0) is 35.4 Å². The Kier molecular flexibility index (Phi) is 6.33. The average molecular weight is 371 g/mol. The third-order valence-corrected chi connectivity index (χ3v) is 4.30. The predicted molar refractivity (Wildman–Crippen MR) is 109 cm³/mol. The molecule has 0 aliphatic heterocycles. The van der Waals surface area contributed by atoms with Gasteiger partial charge in [-0.3, -0.25) is 0 Å². The molecule has 3 rings (SSSR count). The van der Waals surface area contributed by atoms with E-state index in [1.165, 1.54) is 6.08 Å². The molecule has 0 bridgehead atoms. The Morgan fingerprint density at radius 1 is 0.893 bits per heavy atom. The molecule has 0 fully saturated rings. The summed E-state index contributed by atoms with van der Waals surface area (Å²) in [4.78, 5) is 0. The number of allylic oxidation sites excluding steroid dienone is 1. The zero-order valence-electron chi connectivity index (χ0n) is 15.9. The largest absolute Gasteiger partial charge is 0.497 e. The van der Waals surface area contributed by atoms with Gasteiger partial charge in [0, 0.05) is 23.3 Å². The Bertz CT molecular complexity index is 1000. The van der Waals surface area contributed by atoms with E-state index >= 15 is 0 Å². The maximum Gasteiger partial charge on any atom is 0.130 e. The third kappa shape index (κ3) is 4.52. The molecule has 0 spiro atoms. The summed E-state index contributed by atoms with van der Waals surface area (Å²) in [7, 11) is 3.20. The standard InChI is InChI=1S/C24H21NO3/c1-26-20-11-12-23(24(16-20)27-2)22(13-14-25)19-9-6-10-21(15-19)28-17-18-7-4-3-5-8-18/h3-13,15-16H,17H2,1-2H3/b22-13+. The Morgan fingerprint density at radius 3 is 2.43 bits per heavy atom. The van der Waals surface area contributed by atoms with Crippen molar-refractivity contribution in [2.24, 2.45) is 0 Å². The van der Waals surface area contributed by atoms with E-state index < -0.39 is 0 Å². The van der Waals surface area contributed by atoms with Crippen molar-refractivity contribution >= 4 is 5.57 Å². The highest BCUT2D eigenvalue weighted by molar-refractivity contribution is 5.84. The smallest absolute Gasteiger partial charge is 0.130 e. The molecule has 0 atom stereocenters. The number of rotatable bonds is 7. The third-order valence-electron chi connectivity index (χ3n) is 4.30. The molecule has 4 nitrogen and oxygen atoms in total. The Labute approximate surface area is 165 Å². The zero-order chi connectivity index (χ0) is 19.8. The van der Waals surface area contributed by atoms with Crippen LogP contribution in [0.4, 0.5) is 0 Å². The lowest BCUT2D eigenvalue weighted by atomic mass is 9.96. The summed E-state index contributed by atoms with van der Waals surface area (Å²) in [6.45, 7) is 0.480. The van der Waals surface area contributed by atoms with Crippen molar-refractivity contribution in [3.8, 4) is 23.3 Å². The molecule has 0 saturated carbocycles. The van der Waals surface area contributed by atoms with Crippen LogP contribution >= 0.6 is 0 Å². The van der Waals surface area contributed by atoms with Crippen molar-refractivity contribution in [3.63, 3.8) is 0 Å². The van der Waals surface area contributed by atoms with E-state index in [0.717, 1.165) is 28.0 Å². The van der Waals surface area contributed by atoms with Crippen molar-refractivity contribution in [2.75, 3.05) is 14.2 Å². The van der Waals surface area contributed by atoms with E-state index in [0.29, 0.717) is 18.1 Å². The molecule has 3 aromatic rings. The van der Waals surface area contributed by atoms with Gasteiger partial charge < -0.3 is 14.2 Å². The number of hydrogen-bond donors (Lipinski definition) is 0. The maximum absolute atomic E-state index is 9.32. The maximum atomic E-state index is 9.32. The fourth-order valence-electron chi connectivity index (χ4n) is 2.90. The van der Waals surface area contributed by atoms with E-state index in [9.17, 15) is 5.26 Å². The number of methoxy groups -OCH3 is 2. The molecule has 0 saturated heterocycles. The molecule has 0 N–H and O–H groups in total. The first-order valence-electron chi connectivity index (χ1n) is 8.84. The first-order chi connectivity index (χ1) is 13.7. The van der Waals surface area contributed by atoms with Crippen LogP contribution < -0.4 is 14.2 Å². The molecular formula is C24H21NO3. The first-order valence-corrected chi connectivity index (χ1v) is 8.84. The summed E-state index contributed by atoms with van der Waals surface area (Å²) in [5.41, 5.74) is 3.53. The molecule has 4 heteroatoms. The number of ether oxygens (including phenoxy) is 3. The molecule has 0 radical (unpaired) electrons. The molecule has 0 aliphatic rings. The number of nitrogens with zero attached hydrogens (tertiary/aromatic N) is 1. The lowest BCUT2D eigenvalue weighted by Gasteiger charge is -2.14. The van der Waals surface area contributed by atoms with Gasteiger partial charge in [-0.15, -0.1) is 0 Å². The normalized spacial score (nSPS) is 10.8. The highest BCUT2D eigenvalue weighted by atomic mass is 16.5. The van der Waals surface area contributed by atoms with Crippen LogP contribution in [-0.4, -0.2) is 14.2 Å². The van der Waals surface area contributed by atoms with Gasteiger partial charge in [-0.1, -0.05) is 42.5 Å². The molecule has 28 heavy (non-hydrogen) atoms. The summed E-state index contributed by atoms with van der Waals surface area (Å²) < 4.78 is 16.7. The number of hydrogen-bond acceptors (Lipinski definition) is 4. The van der Waals surface area contributed by atoms with Gasteiger partial charge in [0.2, 0.25) is 0 Å². The lowest BCUT2D eigenvalue weighted by molar-refractivity contribution is 0.306. The van der Waals surface area contributed by atoms with Crippen molar-refractivity contribution in [2.45, 2.75) is 6.61 Å². The van der Waals surface area contributed by atoms with Gasteiger partial charge in [0.1, 0.15) is 23.9 Å². The minimum atomic E-state index is 0.480. The van der Waals surface area contributed by atoms with Crippen LogP contribution in [-0.2, 0) is 6.61 Å². The minimum Gasteiger partial charge on any atom is -0.497 e. The molecule has 140 valence electrons. The van der Waals surface area contributed by atoms with Gasteiger partial charge in [0.05, 0.1) is 20.3 Å². The highest BCUT2D eigenvalue weighted by Crippen LogP contribution is 2.35. The van der Waals surface area contributed by atoms with Crippen LogP contribution in [0.25, 0.3) is 5.57 Å². The second-order valence-corrected chi connectivity index (χ2v) is 6.06. The van der Waals surface area contributed by atoms with Crippen molar-refractivity contribution < 1.29 is 14.2 Å². The lowest BCUT2D eigenvalue weighted by Crippen LogP contribution is -1.97. The van der Waals surface area contributed by atoms with Crippen LogP contribution in [0.5, 0.6) is 17.2 Å². The predicted octanol–water partition coefficient (Wildman–Crippen LogP) is 5.24. The summed E-state index contributed by atoms with van der Waals surface area (Å²) in [6.07, 6.45) is 1.51. The molecule has 0 heterocycles. The van der Waals surface area contributed by atoms with Gasteiger partial charge in [0.25, 0.3) is 0 Å². The van der Waals surface area contributed by atoms with Crippen LogP contribution in [0.1, 0.15) is 16.7 Å². The van der Waals surface area contributed by atoms with Gasteiger partial charge >= 0.3 is 0 Å². The second kappa shape index (κ2) is 9.29. The number of nitriles is 1. The molecule has 0 aromatic heterocycles. The topological polar surface area (TPSA) is 51.5 Å². The molecule has 0 unspecified atom stereocenters. The van der Waals surface area contributed by atoms with Crippen LogP contribution in [0.15, 0.2) is 78.9 Å². The fourth-order valence-corrected chi connectivity index (χ4v) is 2.90. The summed E-state index contributed by atoms with van der Waals surface area (Å²) in [6, 6.07) is 25.3.